The van der Waals surface area contributed by atoms with Crippen molar-refractivity contribution in [3.05, 3.63) is 100 Å². The number of hydrogen-bond acceptors (Lipinski definition) is 4. The van der Waals surface area contributed by atoms with Crippen LogP contribution < -0.4 is 0 Å². The molecule has 0 saturated carbocycles. The second-order valence-electron chi connectivity index (χ2n) is 8.11. The SMILES string of the molecule is O=C(O)c1ccc(CCN2C(=O)C(=Cc3cccc(-c4cc5[nH]ccc5cc4F)c3)SC2=S)cc1. The number of carbonyl (C=O) groups is 2. The molecule has 5 nitrogen and oxygen atoms in total. The van der Waals surface area contributed by atoms with E-state index in [1.807, 2.05) is 30.3 Å². The van der Waals surface area contributed by atoms with E-state index in [-0.39, 0.29) is 17.3 Å². The molecule has 0 aliphatic carbocycles. The molecule has 2 heterocycles. The van der Waals surface area contributed by atoms with Crippen LogP contribution in [-0.2, 0) is 11.2 Å². The lowest BCUT2D eigenvalue weighted by Gasteiger charge is -2.14. The molecule has 8 heteroatoms. The molecule has 0 radical (unpaired) electrons. The van der Waals surface area contributed by atoms with Gasteiger partial charge in [-0.1, -0.05) is 54.3 Å². The van der Waals surface area contributed by atoms with Crippen molar-refractivity contribution in [3.63, 3.8) is 0 Å². The van der Waals surface area contributed by atoms with Gasteiger partial charge in [0.25, 0.3) is 5.91 Å². The van der Waals surface area contributed by atoms with Crippen LogP contribution in [-0.4, -0.2) is 37.7 Å². The van der Waals surface area contributed by atoms with E-state index in [2.05, 4.69) is 4.98 Å². The minimum atomic E-state index is -0.977. The second-order valence-corrected chi connectivity index (χ2v) is 9.78. The lowest BCUT2D eigenvalue weighted by molar-refractivity contribution is -0.122. The third-order valence-electron chi connectivity index (χ3n) is 5.83. The number of aromatic nitrogens is 1. The first-order chi connectivity index (χ1) is 16.9. The summed E-state index contributed by atoms with van der Waals surface area (Å²) < 4.78 is 15.2. The third-order valence-corrected chi connectivity index (χ3v) is 7.21. The summed E-state index contributed by atoms with van der Waals surface area (Å²) in [6.07, 6.45) is 4.10. The van der Waals surface area contributed by atoms with E-state index in [1.165, 1.54) is 17.8 Å². The Kier molecular flexibility index (Phi) is 6.23. The Hall–Kier alpha value is -3.75. The number of aromatic carboxylic acids is 1. The fourth-order valence-corrected chi connectivity index (χ4v) is 5.30. The fraction of sp³-hybridized carbons (Fsp3) is 0.0741. The van der Waals surface area contributed by atoms with Gasteiger partial charge in [0, 0.05) is 29.2 Å². The zero-order valence-corrected chi connectivity index (χ0v) is 20.0. The molecule has 1 aliphatic rings. The predicted octanol–water partition coefficient (Wildman–Crippen LogP) is 6.12. The smallest absolute Gasteiger partial charge is 0.335 e. The fourth-order valence-electron chi connectivity index (χ4n) is 3.99. The Morgan fingerprint density at radius 2 is 1.91 bits per heavy atom. The summed E-state index contributed by atoms with van der Waals surface area (Å²) in [5.74, 6) is -1.46. The van der Waals surface area contributed by atoms with Crippen LogP contribution in [0, 0.1) is 5.82 Å². The maximum atomic E-state index is 14.7. The number of H-pyrrole nitrogens is 1. The first-order valence-corrected chi connectivity index (χ1v) is 12.1. The number of aromatic amines is 1. The van der Waals surface area contributed by atoms with Gasteiger partial charge in [-0.15, -0.1) is 0 Å². The maximum absolute atomic E-state index is 14.7. The number of carboxylic acids is 1. The molecule has 1 saturated heterocycles. The second kappa shape index (κ2) is 9.48. The molecule has 0 atom stereocenters. The summed E-state index contributed by atoms with van der Waals surface area (Å²) in [5, 5.41) is 9.84. The van der Waals surface area contributed by atoms with Gasteiger partial charge in [0.1, 0.15) is 10.1 Å². The van der Waals surface area contributed by atoms with Crippen molar-refractivity contribution >= 4 is 57.2 Å². The van der Waals surface area contributed by atoms with Crippen molar-refractivity contribution < 1.29 is 19.1 Å². The van der Waals surface area contributed by atoms with Crippen molar-refractivity contribution in [3.8, 4) is 11.1 Å². The highest BCUT2D eigenvalue weighted by Gasteiger charge is 2.31. The van der Waals surface area contributed by atoms with E-state index in [0.29, 0.717) is 33.3 Å². The van der Waals surface area contributed by atoms with Crippen LogP contribution in [0.1, 0.15) is 21.5 Å². The summed E-state index contributed by atoms with van der Waals surface area (Å²) in [6.45, 7) is 0.399. The number of fused-ring (bicyclic) bond motifs is 1. The van der Waals surface area contributed by atoms with Gasteiger partial charge in [-0.3, -0.25) is 9.69 Å². The minimum Gasteiger partial charge on any atom is -0.478 e. The van der Waals surface area contributed by atoms with Gasteiger partial charge in [-0.2, -0.15) is 0 Å². The van der Waals surface area contributed by atoms with Crippen LogP contribution >= 0.6 is 24.0 Å². The molecule has 0 unspecified atom stereocenters. The Bertz CT molecular complexity index is 1510. The molecule has 2 N–H and O–H groups in total. The van der Waals surface area contributed by atoms with Crippen LogP contribution in [0.25, 0.3) is 28.1 Å². The minimum absolute atomic E-state index is 0.174. The number of thiocarbonyl (C=S) groups is 1. The highest BCUT2D eigenvalue weighted by Crippen LogP contribution is 2.34. The Labute approximate surface area is 210 Å². The number of amides is 1. The molecular weight excluding hydrogens is 483 g/mol. The molecular formula is C27H19FN2O3S2. The number of halogens is 1. The quantitative estimate of drug-likeness (QED) is 0.246. The number of nitrogens with one attached hydrogen (secondary N) is 1. The van der Waals surface area contributed by atoms with Gasteiger partial charge in [0.05, 0.1) is 10.5 Å². The van der Waals surface area contributed by atoms with Crippen LogP contribution in [0.3, 0.4) is 0 Å². The van der Waals surface area contributed by atoms with E-state index >= 15 is 0 Å². The molecule has 174 valence electrons. The summed E-state index contributed by atoms with van der Waals surface area (Å²) in [4.78, 5) is 29.2. The average molecular weight is 503 g/mol. The molecule has 35 heavy (non-hydrogen) atoms. The third kappa shape index (κ3) is 4.76. The molecule has 1 amide bonds. The van der Waals surface area contributed by atoms with Gasteiger partial charge in [-0.05, 0) is 65.6 Å². The number of carboxylic acid groups (broad SMARTS) is 1. The Balaban J connectivity index is 1.33. The standard InChI is InChI=1S/C27H19FN2O3S2/c28-22-14-20-8-10-29-23(20)15-21(22)19-3-1-2-17(12-19)13-24-25(31)30(27(34)35-24)11-9-16-4-6-18(7-5-16)26(32)33/h1-8,10,12-15,29H,9,11H2,(H,32,33). The van der Waals surface area contributed by atoms with Crippen LogP contribution in [0.2, 0.25) is 0 Å². The summed E-state index contributed by atoms with van der Waals surface area (Å²) in [5.41, 5.74) is 3.97. The largest absolute Gasteiger partial charge is 0.478 e. The summed E-state index contributed by atoms with van der Waals surface area (Å²) >= 11 is 6.67. The van der Waals surface area contributed by atoms with Crippen molar-refractivity contribution in [2.45, 2.75) is 6.42 Å². The van der Waals surface area contributed by atoms with E-state index in [1.54, 1.807) is 47.5 Å². The average Bonchev–Trinajstić information content (AvgIpc) is 3.40. The van der Waals surface area contributed by atoms with E-state index in [9.17, 15) is 14.0 Å². The van der Waals surface area contributed by atoms with Crippen molar-refractivity contribution in [1.82, 2.24) is 9.88 Å². The molecule has 3 aromatic carbocycles. The number of thioether (sulfide) groups is 1. The highest BCUT2D eigenvalue weighted by atomic mass is 32.2. The van der Waals surface area contributed by atoms with Crippen molar-refractivity contribution in [2.24, 2.45) is 0 Å². The first-order valence-electron chi connectivity index (χ1n) is 10.8. The lowest BCUT2D eigenvalue weighted by atomic mass is 10.0. The zero-order chi connectivity index (χ0) is 24.5. The predicted molar refractivity (Wildman–Crippen MR) is 141 cm³/mol. The summed E-state index contributed by atoms with van der Waals surface area (Å²) in [6, 6.07) is 19.1. The summed E-state index contributed by atoms with van der Waals surface area (Å²) in [7, 11) is 0. The number of benzene rings is 3. The molecule has 0 bridgehead atoms. The Morgan fingerprint density at radius 1 is 1.11 bits per heavy atom. The van der Waals surface area contributed by atoms with Gasteiger partial charge in [0.15, 0.2) is 0 Å². The van der Waals surface area contributed by atoms with E-state index < -0.39 is 5.97 Å². The van der Waals surface area contributed by atoms with Gasteiger partial charge in [-0.25, -0.2) is 9.18 Å². The number of nitrogens with zero attached hydrogens (tertiary/aromatic N) is 1. The van der Waals surface area contributed by atoms with E-state index in [0.717, 1.165) is 22.0 Å². The van der Waals surface area contributed by atoms with Gasteiger partial charge >= 0.3 is 5.97 Å². The molecule has 4 aromatic rings. The van der Waals surface area contributed by atoms with Crippen molar-refractivity contribution in [1.29, 1.82) is 0 Å². The Morgan fingerprint density at radius 3 is 2.69 bits per heavy atom. The normalized spacial score (nSPS) is 14.9. The topological polar surface area (TPSA) is 73.4 Å². The monoisotopic (exact) mass is 502 g/mol. The maximum Gasteiger partial charge on any atom is 0.335 e. The zero-order valence-electron chi connectivity index (χ0n) is 18.3. The van der Waals surface area contributed by atoms with Crippen LogP contribution in [0.5, 0.6) is 0 Å². The highest BCUT2D eigenvalue weighted by molar-refractivity contribution is 8.26. The van der Waals surface area contributed by atoms with Crippen LogP contribution in [0.15, 0.2) is 77.8 Å². The van der Waals surface area contributed by atoms with E-state index in [4.69, 9.17) is 17.3 Å². The number of carbonyl (C=O) groups excluding carboxylic acids is 1. The molecule has 0 spiro atoms. The number of rotatable bonds is 6. The number of hydrogen-bond donors (Lipinski definition) is 2. The van der Waals surface area contributed by atoms with Crippen LogP contribution in [0.4, 0.5) is 4.39 Å². The van der Waals surface area contributed by atoms with Gasteiger partial charge in [0.2, 0.25) is 0 Å². The van der Waals surface area contributed by atoms with Gasteiger partial charge < -0.3 is 10.1 Å². The molecule has 1 aliphatic heterocycles. The molecule has 5 rings (SSSR count). The first kappa shape index (κ1) is 23.0. The van der Waals surface area contributed by atoms with Crippen molar-refractivity contribution in [2.75, 3.05) is 6.54 Å². The lowest BCUT2D eigenvalue weighted by Crippen LogP contribution is -2.30. The molecule has 1 fully saturated rings. The molecule has 1 aromatic heterocycles.